The van der Waals surface area contributed by atoms with Crippen molar-refractivity contribution in [1.82, 2.24) is 5.32 Å². The largest absolute Gasteiger partial charge is 0.612 e. The molecule has 0 aliphatic heterocycles. The molecular formula is C21H30ClNO5S. The third-order valence-electron chi connectivity index (χ3n) is 4.41. The van der Waals surface area contributed by atoms with Crippen molar-refractivity contribution < 1.29 is 24.2 Å². The Morgan fingerprint density at radius 2 is 1.79 bits per heavy atom. The summed E-state index contributed by atoms with van der Waals surface area (Å²) in [6.45, 7) is 2.60. The fourth-order valence-corrected chi connectivity index (χ4v) is 3.33. The number of nitrogens with one attached hydrogen (secondary N) is 1. The Morgan fingerprint density at radius 1 is 1.14 bits per heavy atom. The second-order valence-electron chi connectivity index (χ2n) is 6.74. The molecule has 0 fully saturated rings. The fraction of sp³-hybridized carbons (Fsp3) is 0.429. The van der Waals surface area contributed by atoms with Crippen molar-refractivity contribution in [2.24, 2.45) is 0 Å². The summed E-state index contributed by atoms with van der Waals surface area (Å²) in [5.74, 6) is 1.29. The van der Waals surface area contributed by atoms with E-state index in [1.807, 2.05) is 12.1 Å². The predicted molar refractivity (Wildman–Crippen MR) is 118 cm³/mol. The first-order valence-electron chi connectivity index (χ1n) is 9.22. The van der Waals surface area contributed by atoms with Crippen LogP contribution in [0, 0.1) is 0 Å². The molecule has 2 aromatic rings. The smallest absolute Gasteiger partial charge is 0.197 e. The molecule has 0 radical (unpaired) electrons. The van der Waals surface area contributed by atoms with Crippen molar-refractivity contribution >= 4 is 23.6 Å². The highest BCUT2D eigenvalue weighted by Gasteiger charge is 2.14. The summed E-state index contributed by atoms with van der Waals surface area (Å²) in [4.78, 5) is 0.317. The minimum atomic E-state index is -1.31. The van der Waals surface area contributed by atoms with Gasteiger partial charge in [0.1, 0.15) is 30.5 Å². The molecule has 0 aliphatic rings. The Kier molecular flexibility index (Phi) is 11.2. The normalized spacial score (nSPS) is 13.8. The topological polar surface area (TPSA) is 94.0 Å². The molecule has 0 aromatic heterocycles. The molecule has 3 unspecified atom stereocenters. The lowest BCUT2D eigenvalue weighted by Crippen LogP contribution is -2.36. The Hall–Kier alpha value is -1.64. The molecule has 0 aliphatic carbocycles. The number of rotatable bonds is 11. The maximum Gasteiger partial charge on any atom is 0.197 e. The molecule has 0 heterocycles. The predicted octanol–water partition coefficient (Wildman–Crippen LogP) is 2.91. The average molecular weight is 444 g/mol. The Morgan fingerprint density at radius 3 is 2.41 bits per heavy atom. The van der Waals surface area contributed by atoms with Gasteiger partial charge < -0.3 is 29.6 Å². The molecule has 3 N–H and O–H groups in total. The monoisotopic (exact) mass is 443 g/mol. The van der Waals surface area contributed by atoms with Gasteiger partial charge in [-0.15, -0.1) is 12.4 Å². The molecule has 162 valence electrons. The van der Waals surface area contributed by atoms with Crippen LogP contribution in [0.2, 0.25) is 0 Å². The highest BCUT2D eigenvalue weighted by molar-refractivity contribution is 7.90. The lowest BCUT2D eigenvalue weighted by molar-refractivity contribution is 0.103. The third-order valence-corrected chi connectivity index (χ3v) is 5.36. The standard InChI is InChI=1S/C21H29NO5S.ClH/c1-15(4-5-16-6-8-18(26-2)9-7-16)22-13-17(23)14-27-19-10-11-20(24)21(12-19)28(3)25;/h6-12,15,17,22-24H,4-5,13-14H2,1-3H3;1H. The van der Waals surface area contributed by atoms with E-state index >= 15 is 0 Å². The molecule has 29 heavy (non-hydrogen) atoms. The summed E-state index contributed by atoms with van der Waals surface area (Å²) in [5.41, 5.74) is 1.25. The van der Waals surface area contributed by atoms with E-state index in [1.165, 1.54) is 24.0 Å². The minimum Gasteiger partial charge on any atom is -0.612 e. The van der Waals surface area contributed by atoms with Gasteiger partial charge in [-0.05, 0) is 60.8 Å². The van der Waals surface area contributed by atoms with Crippen LogP contribution in [0.25, 0.3) is 0 Å². The number of hydrogen-bond acceptors (Lipinski definition) is 6. The van der Waals surface area contributed by atoms with Gasteiger partial charge in [0.15, 0.2) is 10.6 Å². The number of methoxy groups -OCH3 is 1. The van der Waals surface area contributed by atoms with Crippen LogP contribution in [0.4, 0.5) is 0 Å². The number of aliphatic hydroxyl groups excluding tert-OH is 1. The first-order valence-corrected chi connectivity index (χ1v) is 10.8. The van der Waals surface area contributed by atoms with Crippen molar-refractivity contribution in [2.45, 2.75) is 36.8 Å². The number of phenols is 1. The van der Waals surface area contributed by atoms with Gasteiger partial charge >= 0.3 is 0 Å². The van der Waals surface area contributed by atoms with E-state index in [9.17, 15) is 14.8 Å². The van der Waals surface area contributed by atoms with E-state index in [1.54, 1.807) is 13.2 Å². The van der Waals surface area contributed by atoms with Crippen molar-refractivity contribution in [1.29, 1.82) is 0 Å². The Balaban J connectivity index is 0.00000420. The van der Waals surface area contributed by atoms with E-state index in [4.69, 9.17) is 9.47 Å². The number of aliphatic hydroxyl groups is 1. The summed E-state index contributed by atoms with van der Waals surface area (Å²) in [6, 6.07) is 12.8. The van der Waals surface area contributed by atoms with Crippen LogP contribution in [-0.4, -0.2) is 53.4 Å². The number of benzene rings is 2. The van der Waals surface area contributed by atoms with E-state index in [0.29, 0.717) is 17.2 Å². The van der Waals surface area contributed by atoms with Gasteiger partial charge in [0.2, 0.25) is 0 Å². The molecule has 0 saturated heterocycles. The first kappa shape index (κ1) is 25.4. The van der Waals surface area contributed by atoms with E-state index in [0.717, 1.165) is 18.6 Å². The van der Waals surface area contributed by atoms with Gasteiger partial charge in [0, 0.05) is 18.7 Å². The maximum absolute atomic E-state index is 11.6. The zero-order valence-electron chi connectivity index (χ0n) is 17.0. The van der Waals surface area contributed by atoms with E-state index < -0.39 is 17.3 Å². The van der Waals surface area contributed by atoms with Crippen molar-refractivity contribution in [3.05, 3.63) is 48.0 Å². The molecule has 3 atom stereocenters. The summed E-state index contributed by atoms with van der Waals surface area (Å²) in [6.07, 6.45) is 2.71. The number of aryl methyl sites for hydroxylation is 1. The highest BCUT2D eigenvalue weighted by Crippen LogP contribution is 2.27. The Bertz CT molecular complexity index is 730. The van der Waals surface area contributed by atoms with Crippen LogP contribution in [0.3, 0.4) is 0 Å². The molecule has 0 bridgehead atoms. The van der Waals surface area contributed by atoms with Gasteiger partial charge in [-0.25, -0.2) is 0 Å². The summed E-state index contributed by atoms with van der Waals surface area (Å²) in [7, 11) is 1.65. The van der Waals surface area contributed by atoms with Crippen LogP contribution in [-0.2, 0) is 17.6 Å². The first-order chi connectivity index (χ1) is 13.4. The number of ether oxygens (including phenoxy) is 2. The van der Waals surface area contributed by atoms with Crippen LogP contribution >= 0.6 is 12.4 Å². The van der Waals surface area contributed by atoms with Gasteiger partial charge in [-0.3, -0.25) is 0 Å². The van der Waals surface area contributed by atoms with Crippen LogP contribution in [0.1, 0.15) is 18.9 Å². The van der Waals surface area contributed by atoms with Gasteiger partial charge in [-0.1, -0.05) is 12.1 Å². The van der Waals surface area contributed by atoms with Crippen molar-refractivity contribution in [3.8, 4) is 17.2 Å². The molecule has 8 heteroatoms. The van der Waals surface area contributed by atoms with Gasteiger partial charge in [-0.2, -0.15) is 0 Å². The lowest BCUT2D eigenvalue weighted by Gasteiger charge is -2.18. The van der Waals surface area contributed by atoms with Crippen LogP contribution < -0.4 is 14.8 Å². The lowest BCUT2D eigenvalue weighted by atomic mass is 10.1. The number of halogens is 1. The molecular weight excluding hydrogens is 414 g/mol. The van der Waals surface area contributed by atoms with Gasteiger partial charge in [0.05, 0.1) is 7.11 Å². The van der Waals surface area contributed by atoms with Crippen LogP contribution in [0.5, 0.6) is 17.2 Å². The van der Waals surface area contributed by atoms with Crippen molar-refractivity contribution in [2.75, 3.05) is 26.5 Å². The average Bonchev–Trinajstić information content (AvgIpc) is 2.70. The molecule has 6 nitrogen and oxygen atoms in total. The zero-order chi connectivity index (χ0) is 20.5. The van der Waals surface area contributed by atoms with E-state index in [2.05, 4.69) is 24.4 Å². The highest BCUT2D eigenvalue weighted by atomic mass is 35.5. The summed E-state index contributed by atoms with van der Waals surface area (Å²) < 4.78 is 22.3. The second-order valence-corrected chi connectivity index (χ2v) is 8.09. The molecule has 0 amide bonds. The second kappa shape index (κ2) is 12.8. The SMILES string of the molecule is COc1ccc(CCC(C)NCC(O)COc2ccc(O)c([S+](C)[O-])c2)cc1.Cl. The van der Waals surface area contributed by atoms with Crippen molar-refractivity contribution in [3.63, 3.8) is 0 Å². The quantitative estimate of drug-likeness (QED) is 0.462. The molecule has 0 spiro atoms. The van der Waals surface area contributed by atoms with Crippen LogP contribution in [0.15, 0.2) is 47.4 Å². The maximum atomic E-state index is 11.6. The van der Waals surface area contributed by atoms with Gasteiger partial charge in [0.25, 0.3) is 0 Å². The number of hydrogen-bond donors (Lipinski definition) is 3. The molecule has 2 aromatic carbocycles. The number of phenolic OH excluding ortho intramolecular Hbond substituents is 1. The summed E-state index contributed by atoms with van der Waals surface area (Å²) >= 11 is -1.31. The molecule has 0 saturated carbocycles. The minimum absolute atomic E-state index is 0. The third kappa shape index (κ3) is 8.72. The van der Waals surface area contributed by atoms with E-state index in [-0.39, 0.29) is 30.8 Å². The fourth-order valence-electron chi connectivity index (χ4n) is 2.68. The Labute approximate surface area is 181 Å². The molecule has 2 rings (SSSR count). The number of aromatic hydroxyl groups is 1. The summed E-state index contributed by atoms with van der Waals surface area (Å²) in [5, 5.41) is 23.1. The zero-order valence-corrected chi connectivity index (χ0v) is 18.6.